The molecule has 7 nitrogen and oxygen atoms in total. The minimum atomic E-state index is -0.778. The molecule has 7 heteroatoms. The lowest BCUT2D eigenvalue weighted by Gasteiger charge is -2.27. The Hall–Kier alpha value is -4.52. The van der Waals surface area contributed by atoms with Gasteiger partial charge in [-0.15, -0.1) is 0 Å². The Bertz CT molecular complexity index is 1630. The smallest absolute Gasteiger partial charge is 0.344 e. The number of hydrogen-bond donors (Lipinski definition) is 0. The molecule has 0 saturated carbocycles. The van der Waals surface area contributed by atoms with Gasteiger partial charge in [0.05, 0.1) is 27.8 Å². The lowest BCUT2D eigenvalue weighted by molar-refractivity contribution is 0.174. The number of ether oxygens (including phenoxy) is 3. The van der Waals surface area contributed by atoms with Gasteiger partial charge in [0.1, 0.15) is 22.7 Å². The van der Waals surface area contributed by atoms with Gasteiger partial charge in [0.15, 0.2) is 11.5 Å². The molecule has 0 amide bonds. The Balaban J connectivity index is 1.63. The third-order valence-corrected chi connectivity index (χ3v) is 6.11. The Morgan fingerprint density at radius 3 is 1.88 bits per heavy atom. The van der Waals surface area contributed by atoms with E-state index in [4.69, 9.17) is 23.0 Å². The molecule has 160 valence electrons. The Kier molecular flexibility index (Phi) is 3.56. The van der Waals surface area contributed by atoms with Crippen LogP contribution in [0.5, 0.6) is 23.0 Å². The molecule has 0 bridgehead atoms. The van der Waals surface area contributed by atoms with Gasteiger partial charge in [-0.25, -0.2) is 9.59 Å². The second-order valence-corrected chi connectivity index (χ2v) is 7.90. The first-order chi connectivity index (χ1) is 16.2. The van der Waals surface area contributed by atoms with Crippen molar-refractivity contribution in [1.82, 2.24) is 0 Å². The van der Waals surface area contributed by atoms with Crippen molar-refractivity contribution in [2.45, 2.75) is 5.92 Å². The van der Waals surface area contributed by atoms with Gasteiger partial charge in [-0.1, -0.05) is 30.3 Å². The molecule has 4 heterocycles. The molecule has 2 aromatic heterocycles. The van der Waals surface area contributed by atoms with Gasteiger partial charge in [0.2, 0.25) is 6.79 Å². The van der Waals surface area contributed by atoms with Crippen molar-refractivity contribution < 1.29 is 23.0 Å². The number of hydrogen-bond acceptors (Lipinski definition) is 7. The summed E-state index contributed by atoms with van der Waals surface area (Å²) in [6.07, 6.45) is 0. The van der Waals surface area contributed by atoms with Crippen LogP contribution in [0.15, 0.2) is 85.2 Å². The molecule has 0 atom stereocenters. The Morgan fingerprint density at radius 2 is 1.24 bits per heavy atom. The molecule has 0 aliphatic carbocycles. The molecule has 2 aliphatic heterocycles. The van der Waals surface area contributed by atoms with E-state index >= 15 is 0 Å². The first-order valence-electron chi connectivity index (χ1n) is 10.4. The third-order valence-electron chi connectivity index (χ3n) is 6.11. The summed E-state index contributed by atoms with van der Waals surface area (Å²) in [6.45, 7) is 0.110. The maximum Gasteiger partial charge on any atom is 0.344 e. The van der Waals surface area contributed by atoms with Crippen LogP contribution in [-0.4, -0.2) is 6.79 Å². The molecule has 0 N–H and O–H groups in total. The van der Waals surface area contributed by atoms with E-state index in [2.05, 4.69) is 0 Å². The van der Waals surface area contributed by atoms with Crippen LogP contribution in [0, 0.1) is 0 Å². The van der Waals surface area contributed by atoms with Crippen LogP contribution >= 0.6 is 0 Å². The highest BCUT2D eigenvalue weighted by Gasteiger charge is 2.38. The summed E-state index contributed by atoms with van der Waals surface area (Å²) in [6, 6.07) is 19.7. The quantitative estimate of drug-likeness (QED) is 0.337. The van der Waals surface area contributed by atoms with Crippen LogP contribution < -0.4 is 25.5 Å². The summed E-state index contributed by atoms with van der Waals surface area (Å²) in [7, 11) is 0. The van der Waals surface area contributed by atoms with Gasteiger partial charge >= 0.3 is 11.3 Å². The van der Waals surface area contributed by atoms with Crippen molar-refractivity contribution in [2.24, 2.45) is 0 Å². The maximum absolute atomic E-state index is 13.2. The molecule has 0 radical (unpaired) electrons. The predicted molar refractivity (Wildman–Crippen MR) is 119 cm³/mol. The van der Waals surface area contributed by atoms with Gasteiger partial charge < -0.3 is 23.0 Å². The van der Waals surface area contributed by atoms with Gasteiger partial charge in [-0.3, -0.25) is 0 Å². The molecule has 5 aromatic rings. The van der Waals surface area contributed by atoms with Gasteiger partial charge in [0.25, 0.3) is 0 Å². The van der Waals surface area contributed by atoms with Gasteiger partial charge in [-0.2, -0.15) is 0 Å². The molecule has 33 heavy (non-hydrogen) atoms. The highest BCUT2D eigenvalue weighted by molar-refractivity contribution is 5.90. The standard InChI is InChI=1S/C26H14O7/c27-25-21-20(13-9-10-18-19(11-13)30-12-29-18)22-24(15-6-2-4-8-17(15)32-26(22)28)33-23(21)14-5-1-3-7-16(14)31-25/h1-11,20H,12H2. The molecule has 0 spiro atoms. The number of rotatable bonds is 1. The van der Waals surface area contributed by atoms with E-state index in [1.807, 2.05) is 24.3 Å². The minimum Gasteiger partial charge on any atom is -0.455 e. The second kappa shape index (κ2) is 6.49. The molecular weight excluding hydrogens is 424 g/mol. The van der Waals surface area contributed by atoms with Crippen LogP contribution in [0.1, 0.15) is 22.6 Å². The molecule has 0 saturated heterocycles. The van der Waals surface area contributed by atoms with Crippen molar-refractivity contribution >= 4 is 21.9 Å². The van der Waals surface area contributed by atoms with E-state index in [0.29, 0.717) is 50.5 Å². The summed E-state index contributed by atoms with van der Waals surface area (Å²) < 4.78 is 28.6. The monoisotopic (exact) mass is 438 g/mol. The summed E-state index contributed by atoms with van der Waals surface area (Å²) in [5.41, 5.74) is 0.789. The lowest BCUT2D eigenvalue weighted by Crippen LogP contribution is -2.26. The third kappa shape index (κ3) is 2.50. The fraction of sp³-hybridized carbons (Fsp3) is 0.0769. The molecule has 7 rings (SSSR count). The molecule has 0 fully saturated rings. The first kappa shape index (κ1) is 18.1. The predicted octanol–water partition coefficient (Wildman–Crippen LogP) is 4.91. The number of para-hydroxylation sites is 2. The summed E-state index contributed by atoms with van der Waals surface area (Å²) in [5, 5.41) is 1.28. The van der Waals surface area contributed by atoms with Crippen LogP contribution in [0.25, 0.3) is 21.9 Å². The maximum atomic E-state index is 13.2. The van der Waals surface area contributed by atoms with E-state index in [-0.39, 0.29) is 17.9 Å². The SMILES string of the molecule is O=c1oc2ccccc2c2c1C(c1ccc3c(c1)OCO3)c1c(c3ccccc3oc1=O)O2. The normalized spacial score (nSPS) is 14.2. The molecular formula is C26H14O7. The Morgan fingerprint density at radius 1 is 0.667 bits per heavy atom. The number of fused-ring (bicyclic) bond motifs is 7. The highest BCUT2D eigenvalue weighted by Crippen LogP contribution is 2.50. The van der Waals surface area contributed by atoms with Crippen molar-refractivity contribution in [2.75, 3.05) is 6.79 Å². The van der Waals surface area contributed by atoms with Crippen molar-refractivity contribution in [3.05, 3.63) is 104 Å². The fourth-order valence-corrected chi connectivity index (χ4v) is 4.66. The highest BCUT2D eigenvalue weighted by atomic mass is 16.7. The zero-order valence-electron chi connectivity index (χ0n) is 17.0. The summed E-state index contributed by atoms with van der Waals surface area (Å²) >= 11 is 0. The van der Waals surface area contributed by atoms with E-state index in [1.165, 1.54) is 0 Å². The number of benzene rings is 3. The van der Waals surface area contributed by atoms with Crippen LogP contribution in [0.2, 0.25) is 0 Å². The van der Waals surface area contributed by atoms with Crippen LogP contribution in [0.4, 0.5) is 0 Å². The van der Waals surface area contributed by atoms with Crippen molar-refractivity contribution in [1.29, 1.82) is 0 Å². The van der Waals surface area contributed by atoms with E-state index < -0.39 is 17.2 Å². The minimum absolute atomic E-state index is 0.110. The van der Waals surface area contributed by atoms with Gasteiger partial charge in [0, 0.05) is 0 Å². The Labute approximate surface area is 185 Å². The van der Waals surface area contributed by atoms with E-state index in [0.717, 1.165) is 0 Å². The van der Waals surface area contributed by atoms with Crippen molar-refractivity contribution in [3.63, 3.8) is 0 Å². The van der Waals surface area contributed by atoms with E-state index in [1.54, 1.807) is 42.5 Å². The zero-order valence-corrected chi connectivity index (χ0v) is 17.0. The summed E-state index contributed by atoms with van der Waals surface area (Å²) in [5.74, 6) is 1.10. The van der Waals surface area contributed by atoms with Crippen LogP contribution in [0.3, 0.4) is 0 Å². The van der Waals surface area contributed by atoms with Gasteiger partial charge in [-0.05, 0) is 42.0 Å². The first-order valence-corrected chi connectivity index (χ1v) is 10.4. The largest absolute Gasteiger partial charge is 0.455 e. The lowest BCUT2D eigenvalue weighted by atomic mass is 9.83. The zero-order chi connectivity index (χ0) is 22.1. The van der Waals surface area contributed by atoms with E-state index in [9.17, 15) is 9.59 Å². The van der Waals surface area contributed by atoms with Crippen molar-refractivity contribution in [3.8, 4) is 23.0 Å². The fourth-order valence-electron chi connectivity index (χ4n) is 4.66. The average Bonchev–Trinajstić information content (AvgIpc) is 3.31. The molecule has 2 aliphatic rings. The second-order valence-electron chi connectivity index (χ2n) is 7.90. The topological polar surface area (TPSA) is 88.1 Å². The summed E-state index contributed by atoms with van der Waals surface area (Å²) in [4.78, 5) is 26.5. The van der Waals surface area contributed by atoms with Crippen LogP contribution in [-0.2, 0) is 0 Å². The molecule has 3 aromatic carbocycles. The molecule has 0 unspecified atom stereocenters. The average molecular weight is 438 g/mol.